The van der Waals surface area contributed by atoms with Gasteiger partial charge in [0.15, 0.2) is 5.76 Å². The average molecular weight is 479 g/mol. The summed E-state index contributed by atoms with van der Waals surface area (Å²) in [6.45, 7) is 1.96. The minimum atomic E-state index is -0.275. The summed E-state index contributed by atoms with van der Waals surface area (Å²) in [5, 5.41) is 6.69. The van der Waals surface area contributed by atoms with Crippen molar-refractivity contribution in [1.82, 2.24) is 14.2 Å². The van der Waals surface area contributed by atoms with E-state index in [0.717, 1.165) is 22.3 Å². The van der Waals surface area contributed by atoms with E-state index < -0.39 is 0 Å². The van der Waals surface area contributed by atoms with Gasteiger partial charge in [-0.3, -0.25) is 4.79 Å². The smallest absolute Gasteiger partial charge is 0.282 e. The summed E-state index contributed by atoms with van der Waals surface area (Å²) in [7, 11) is 0. The van der Waals surface area contributed by atoms with E-state index >= 15 is 0 Å². The Bertz CT molecular complexity index is 1780. The van der Waals surface area contributed by atoms with Crippen molar-refractivity contribution in [2.45, 2.75) is 6.92 Å². The Kier molecular flexibility index (Phi) is 5.08. The first-order chi connectivity index (χ1) is 17.1. The van der Waals surface area contributed by atoms with E-state index in [0.29, 0.717) is 33.1 Å². The third-order valence-electron chi connectivity index (χ3n) is 5.91. The monoisotopic (exact) mass is 478 g/mol. The summed E-state index contributed by atoms with van der Waals surface area (Å²) >= 11 is 6.20. The van der Waals surface area contributed by atoms with Crippen LogP contribution in [0.3, 0.4) is 0 Å². The average Bonchev–Trinajstić information content (AvgIpc) is 3.52. The summed E-state index contributed by atoms with van der Waals surface area (Å²) < 4.78 is 9.31. The highest BCUT2D eigenvalue weighted by Crippen LogP contribution is 2.27. The zero-order chi connectivity index (χ0) is 23.9. The van der Waals surface area contributed by atoms with Crippen LogP contribution in [0.1, 0.15) is 11.3 Å². The van der Waals surface area contributed by atoms with E-state index in [1.54, 1.807) is 12.3 Å². The molecule has 0 bridgehead atoms. The summed E-state index contributed by atoms with van der Waals surface area (Å²) in [5.41, 5.74) is 3.74. The van der Waals surface area contributed by atoms with Crippen molar-refractivity contribution in [3.05, 3.63) is 118 Å². The number of aryl methyl sites for hydroxylation is 1. The topological polar surface area (TPSA) is 65.3 Å². The fourth-order valence-electron chi connectivity index (χ4n) is 4.11. The van der Waals surface area contributed by atoms with Crippen LogP contribution in [-0.4, -0.2) is 20.4 Å². The van der Waals surface area contributed by atoms with Crippen LogP contribution >= 0.6 is 11.6 Å². The summed E-state index contributed by atoms with van der Waals surface area (Å²) in [6.07, 6.45) is 3.58. The molecule has 170 valence electrons. The predicted molar refractivity (Wildman–Crippen MR) is 140 cm³/mol. The molecule has 0 N–H and O–H groups in total. The van der Waals surface area contributed by atoms with Crippen molar-refractivity contribution in [3.63, 3.8) is 0 Å². The van der Waals surface area contributed by atoms with Gasteiger partial charge >= 0.3 is 0 Å². The van der Waals surface area contributed by atoms with Gasteiger partial charge in [0, 0.05) is 22.3 Å². The third kappa shape index (κ3) is 3.74. The van der Waals surface area contributed by atoms with Gasteiger partial charge in [-0.1, -0.05) is 41.9 Å². The van der Waals surface area contributed by atoms with Gasteiger partial charge in [-0.25, -0.2) is 4.98 Å². The quantitative estimate of drug-likeness (QED) is 0.274. The van der Waals surface area contributed by atoms with E-state index in [4.69, 9.17) is 21.0 Å². The lowest BCUT2D eigenvalue weighted by molar-refractivity contribution is 0.616. The molecule has 0 atom stereocenters. The minimum absolute atomic E-state index is 0.275. The molecule has 3 aromatic heterocycles. The standard InChI is InChI=1S/C28H19ClN4O2/c1-18-15-20(12-13-23(18)29)32-14-6-8-21(32)17-30-33-27(26-16-19-7-2-5-11-25(19)35-26)31-24-10-4-3-9-22(24)28(33)34/h2-17H,1H3. The number of fused-ring (bicyclic) bond motifs is 2. The molecule has 0 aliphatic heterocycles. The maximum absolute atomic E-state index is 13.5. The molecular weight excluding hydrogens is 460 g/mol. The maximum atomic E-state index is 13.5. The van der Waals surface area contributed by atoms with E-state index in [2.05, 4.69) is 5.10 Å². The number of aromatic nitrogens is 3. The lowest BCUT2D eigenvalue weighted by atomic mass is 10.2. The van der Waals surface area contributed by atoms with Gasteiger partial charge < -0.3 is 8.98 Å². The molecule has 0 aliphatic carbocycles. The second-order valence-electron chi connectivity index (χ2n) is 8.20. The molecule has 0 unspecified atom stereocenters. The molecule has 6 aromatic rings. The van der Waals surface area contributed by atoms with Crippen LogP contribution < -0.4 is 5.56 Å². The molecule has 0 spiro atoms. The fraction of sp³-hybridized carbons (Fsp3) is 0.0357. The van der Waals surface area contributed by atoms with Gasteiger partial charge in [0.2, 0.25) is 5.82 Å². The van der Waals surface area contributed by atoms with E-state index in [1.165, 1.54) is 4.68 Å². The summed E-state index contributed by atoms with van der Waals surface area (Å²) in [5.74, 6) is 0.802. The van der Waals surface area contributed by atoms with Gasteiger partial charge in [0.05, 0.1) is 22.8 Å². The Morgan fingerprint density at radius 1 is 0.971 bits per heavy atom. The largest absolute Gasteiger partial charge is 0.453 e. The highest BCUT2D eigenvalue weighted by Gasteiger charge is 2.16. The Hall–Kier alpha value is -4.42. The number of halogens is 1. The highest BCUT2D eigenvalue weighted by molar-refractivity contribution is 6.31. The molecule has 6 nitrogen and oxygen atoms in total. The van der Waals surface area contributed by atoms with Crippen molar-refractivity contribution >= 4 is 39.7 Å². The van der Waals surface area contributed by atoms with E-state index in [9.17, 15) is 4.79 Å². The molecular formula is C28H19ClN4O2. The SMILES string of the molecule is Cc1cc(-n2cccc2C=Nn2c(-c3cc4ccccc4o3)nc3ccccc3c2=O)ccc1Cl. The number of nitrogens with zero attached hydrogens (tertiary/aromatic N) is 4. The third-order valence-corrected chi connectivity index (χ3v) is 6.33. The van der Waals surface area contributed by atoms with Crippen molar-refractivity contribution in [1.29, 1.82) is 0 Å². The van der Waals surface area contributed by atoms with Crippen molar-refractivity contribution < 1.29 is 4.42 Å². The van der Waals surface area contributed by atoms with Gasteiger partial charge in [-0.2, -0.15) is 9.78 Å². The molecule has 0 radical (unpaired) electrons. The van der Waals surface area contributed by atoms with E-state index in [1.807, 2.05) is 96.6 Å². The maximum Gasteiger partial charge on any atom is 0.282 e. The van der Waals surface area contributed by atoms with E-state index in [-0.39, 0.29) is 5.56 Å². The van der Waals surface area contributed by atoms with Crippen LogP contribution in [0.15, 0.2) is 105 Å². The normalized spacial score (nSPS) is 11.7. The van der Waals surface area contributed by atoms with Crippen LogP contribution in [0.4, 0.5) is 0 Å². The Morgan fingerprint density at radius 3 is 2.66 bits per heavy atom. The van der Waals surface area contributed by atoms with Crippen molar-refractivity contribution in [2.24, 2.45) is 5.10 Å². The van der Waals surface area contributed by atoms with Crippen molar-refractivity contribution in [2.75, 3.05) is 0 Å². The molecule has 3 heterocycles. The number of benzene rings is 3. The summed E-state index contributed by atoms with van der Waals surface area (Å²) in [6, 6.07) is 26.4. The van der Waals surface area contributed by atoms with Crippen LogP contribution in [0, 0.1) is 6.92 Å². The second kappa shape index (κ2) is 8.42. The van der Waals surface area contributed by atoms with Gasteiger partial charge in [0.1, 0.15) is 5.58 Å². The lowest BCUT2D eigenvalue weighted by Crippen LogP contribution is -2.20. The molecule has 0 saturated carbocycles. The first-order valence-corrected chi connectivity index (χ1v) is 11.5. The number of rotatable bonds is 4. The minimum Gasteiger partial charge on any atom is -0.453 e. The molecule has 35 heavy (non-hydrogen) atoms. The van der Waals surface area contributed by atoms with Crippen LogP contribution in [0.2, 0.25) is 5.02 Å². The second-order valence-corrected chi connectivity index (χ2v) is 8.61. The number of furan rings is 1. The molecule has 6 rings (SSSR count). The molecule has 7 heteroatoms. The highest BCUT2D eigenvalue weighted by atomic mass is 35.5. The van der Waals surface area contributed by atoms with Crippen LogP contribution in [0.5, 0.6) is 0 Å². The van der Waals surface area contributed by atoms with Gasteiger partial charge in [-0.05, 0) is 67.1 Å². The fourth-order valence-corrected chi connectivity index (χ4v) is 4.23. The van der Waals surface area contributed by atoms with Crippen molar-refractivity contribution in [3.8, 4) is 17.3 Å². The first kappa shape index (κ1) is 21.1. The first-order valence-electron chi connectivity index (χ1n) is 11.1. The Morgan fingerprint density at radius 2 is 1.80 bits per heavy atom. The van der Waals surface area contributed by atoms with Crippen LogP contribution in [-0.2, 0) is 0 Å². The molecule has 0 saturated heterocycles. The molecule has 0 amide bonds. The molecule has 0 aliphatic rings. The number of hydrogen-bond acceptors (Lipinski definition) is 4. The lowest BCUT2D eigenvalue weighted by Gasteiger charge is -2.09. The molecule has 3 aromatic carbocycles. The number of hydrogen-bond donors (Lipinski definition) is 0. The summed E-state index contributed by atoms with van der Waals surface area (Å²) in [4.78, 5) is 18.2. The predicted octanol–water partition coefficient (Wildman–Crippen LogP) is 6.44. The van der Waals surface area contributed by atoms with Crippen LogP contribution in [0.25, 0.3) is 39.1 Å². The Balaban J connectivity index is 1.52. The Labute approximate surface area is 205 Å². The van der Waals surface area contributed by atoms with Gasteiger partial charge in [0.25, 0.3) is 5.56 Å². The zero-order valence-corrected chi connectivity index (χ0v) is 19.5. The molecule has 0 fully saturated rings. The number of para-hydroxylation sites is 2. The van der Waals surface area contributed by atoms with Gasteiger partial charge in [-0.15, -0.1) is 0 Å². The zero-order valence-electron chi connectivity index (χ0n) is 18.7.